The molecule has 3 heterocycles. The van der Waals surface area contributed by atoms with Crippen LogP contribution in [-0.4, -0.2) is 35.6 Å². The minimum Gasteiger partial charge on any atom is -0.456 e. The minimum atomic E-state index is -2.56. The van der Waals surface area contributed by atoms with E-state index in [4.69, 9.17) is 21.3 Å². The molecule has 0 aliphatic heterocycles. The summed E-state index contributed by atoms with van der Waals surface area (Å²) in [5.41, 5.74) is 4.18. The molecule has 1 aliphatic rings. The molecular formula is C25H21ClF2N6O. The van der Waals surface area contributed by atoms with Crippen molar-refractivity contribution < 1.29 is 13.5 Å². The van der Waals surface area contributed by atoms with E-state index in [1.165, 1.54) is 0 Å². The fourth-order valence-corrected chi connectivity index (χ4v) is 4.75. The van der Waals surface area contributed by atoms with Crippen molar-refractivity contribution >= 4 is 33.7 Å². The number of aromatic amines is 1. The predicted molar refractivity (Wildman–Crippen MR) is 129 cm³/mol. The summed E-state index contributed by atoms with van der Waals surface area (Å²) in [7, 11) is 0. The molecule has 35 heavy (non-hydrogen) atoms. The molecule has 5 aromatic rings. The molecule has 1 aliphatic carbocycles. The SMILES string of the molecule is Cc1nc2ccc(Oc3ccc4ncc(-c5cnn(C(C)C6CC(F)(F)C6)c5)nc4c3Cl)cc2[nH]1. The van der Waals surface area contributed by atoms with Gasteiger partial charge >= 0.3 is 0 Å². The maximum Gasteiger partial charge on any atom is 0.248 e. The number of aryl methyl sites for hydroxylation is 1. The molecule has 10 heteroatoms. The van der Waals surface area contributed by atoms with E-state index in [9.17, 15) is 8.78 Å². The molecule has 1 fully saturated rings. The third kappa shape index (κ3) is 3.99. The van der Waals surface area contributed by atoms with Gasteiger partial charge in [0.25, 0.3) is 0 Å². The normalized spacial score (nSPS) is 16.5. The molecule has 1 N–H and O–H groups in total. The molecule has 0 radical (unpaired) electrons. The Hall–Kier alpha value is -3.59. The second kappa shape index (κ2) is 7.98. The van der Waals surface area contributed by atoms with Gasteiger partial charge in [-0.2, -0.15) is 5.10 Å². The van der Waals surface area contributed by atoms with Crippen molar-refractivity contribution in [3.8, 4) is 22.8 Å². The van der Waals surface area contributed by atoms with Crippen LogP contribution in [0.15, 0.2) is 48.9 Å². The van der Waals surface area contributed by atoms with Gasteiger partial charge in [-0.1, -0.05) is 11.6 Å². The zero-order valence-electron chi connectivity index (χ0n) is 19.0. The van der Waals surface area contributed by atoms with Gasteiger partial charge in [0.1, 0.15) is 27.9 Å². The Morgan fingerprint density at radius 2 is 1.94 bits per heavy atom. The van der Waals surface area contributed by atoms with Crippen LogP contribution in [0.4, 0.5) is 8.78 Å². The Labute approximate surface area is 204 Å². The van der Waals surface area contributed by atoms with Crippen molar-refractivity contribution in [2.45, 2.75) is 38.7 Å². The van der Waals surface area contributed by atoms with Crippen molar-refractivity contribution in [3.63, 3.8) is 0 Å². The van der Waals surface area contributed by atoms with Crippen molar-refractivity contribution in [1.29, 1.82) is 0 Å². The monoisotopic (exact) mass is 494 g/mol. The Kier molecular flexibility index (Phi) is 5.00. The number of benzene rings is 2. The molecule has 2 aromatic carbocycles. The molecule has 0 saturated heterocycles. The molecule has 178 valence electrons. The number of hydrogen-bond acceptors (Lipinski definition) is 5. The highest BCUT2D eigenvalue weighted by molar-refractivity contribution is 6.36. The van der Waals surface area contributed by atoms with E-state index < -0.39 is 5.92 Å². The lowest BCUT2D eigenvalue weighted by Gasteiger charge is -2.38. The maximum atomic E-state index is 13.3. The molecule has 7 nitrogen and oxygen atoms in total. The Morgan fingerprint density at radius 3 is 2.74 bits per heavy atom. The number of nitrogens with one attached hydrogen (secondary N) is 1. The molecule has 3 aromatic heterocycles. The van der Waals surface area contributed by atoms with E-state index in [0.29, 0.717) is 33.2 Å². The van der Waals surface area contributed by atoms with Crippen LogP contribution in [0.1, 0.15) is 31.6 Å². The fraction of sp³-hybridized carbons (Fsp3) is 0.280. The lowest BCUT2D eigenvalue weighted by Crippen LogP contribution is -2.39. The highest BCUT2D eigenvalue weighted by Gasteiger charge is 2.47. The first-order valence-electron chi connectivity index (χ1n) is 11.3. The maximum absolute atomic E-state index is 13.3. The summed E-state index contributed by atoms with van der Waals surface area (Å²) in [6, 6.07) is 9.01. The first kappa shape index (κ1) is 21.9. The van der Waals surface area contributed by atoms with Crippen LogP contribution in [0.25, 0.3) is 33.3 Å². The van der Waals surface area contributed by atoms with Gasteiger partial charge in [-0.15, -0.1) is 0 Å². The summed E-state index contributed by atoms with van der Waals surface area (Å²) in [6.07, 6.45) is 4.91. The van der Waals surface area contributed by atoms with Gasteiger partial charge in [-0.05, 0) is 44.0 Å². The lowest BCUT2D eigenvalue weighted by molar-refractivity contribution is -0.122. The molecular weight excluding hydrogens is 474 g/mol. The highest BCUT2D eigenvalue weighted by atomic mass is 35.5. The van der Waals surface area contributed by atoms with Crippen LogP contribution in [0.5, 0.6) is 11.5 Å². The van der Waals surface area contributed by atoms with Crippen molar-refractivity contribution in [2.75, 3.05) is 0 Å². The Balaban J connectivity index is 1.28. The van der Waals surface area contributed by atoms with Crippen LogP contribution in [0.3, 0.4) is 0 Å². The average molecular weight is 495 g/mol. The van der Waals surface area contributed by atoms with Gasteiger partial charge in [0.2, 0.25) is 5.92 Å². The van der Waals surface area contributed by atoms with Gasteiger partial charge in [0.15, 0.2) is 0 Å². The Morgan fingerprint density at radius 1 is 1.14 bits per heavy atom. The number of alkyl halides is 2. The van der Waals surface area contributed by atoms with Gasteiger partial charge in [0, 0.05) is 30.7 Å². The van der Waals surface area contributed by atoms with E-state index >= 15 is 0 Å². The number of halogens is 3. The van der Waals surface area contributed by atoms with Crippen molar-refractivity contribution in [1.82, 2.24) is 29.7 Å². The van der Waals surface area contributed by atoms with E-state index in [1.807, 2.05) is 38.2 Å². The quantitative estimate of drug-likeness (QED) is 0.293. The summed E-state index contributed by atoms with van der Waals surface area (Å²) < 4.78 is 34.3. The third-order valence-corrected chi connectivity index (χ3v) is 6.90. The number of ether oxygens (including phenoxy) is 1. The van der Waals surface area contributed by atoms with Crippen LogP contribution < -0.4 is 4.74 Å². The largest absolute Gasteiger partial charge is 0.456 e. The summed E-state index contributed by atoms with van der Waals surface area (Å²) >= 11 is 6.68. The Bertz CT molecular complexity index is 1570. The summed E-state index contributed by atoms with van der Waals surface area (Å²) in [4.78, 5) is 16.8. The van der Waals surface area contributed by atoms with E-state index in [1.54, 1.807) is 29.2 Å². The third-order valence-electron chi connectivity index (χ3n) is 6.54. The first-order valence-corrected chi connectivity index (χ1v) is 11.7. The predicted octanol–water partition coefficient (Wildman–Crippen LogP) is 6.73. The van der Waals surface area contributed by atoms with Gasteiger partial charge < -0.3 is 9.72 Å². The zero-order chi connectivity index (χ0) is 24.3. The second-order valence-electron chi connectivity index (χ2n) is 9.08. The number of H-pyrrole nitrogens is 1. The van der Waals surface area contributed by atoms with Crippen LogP contribution >= 0.6 is 11.6 Å². The first-order chi connectivity index (χ1) is 16.8. The van der Waals surface area contributed by atoms with Crippen molar-refractivity contribution in [3.05, 3.63) is 59.8 Å². The zero-order valence-corrected chi connectivity index (χ0v) is 19.7. The van der Waals surface area contributed by atoms with Gasteiger partial charge in [-0.25, -0.2) is 18.7 Å². The number of nitrogens with zero attached hydrogens (tertiary/aromatic N) is 5. The summed E-state index contributed by atoms with van der Waals surface area (Å²) in [5.74, 6) is -0.760. The second-order valence-corrected chi connectivity index (χ2v) is 9.46. The standard InChI is InChI=1S/C25H21ClF2N6O/c1-13(15-8-25(27,28)9-15)34-12-16(10-30-34)21-11-29-19-5-6-22(23(26)24(19)33-21)35-17-3-4-18-20(7-17)32-14(2)31-18/h3-7,10-13,15H,8-9H2,1-2H3,(H,31,32). The molecule has 1 saturated carbocycles. The number of fused-ring (bicyclic) bond motifs is 2. The van der Waals surface area contributed by atoms with E-state index in [-0.39, 0.29) is 24.8 Å². The smallest absolute Gasteiger partial charge is 0.248 e. The lowest BCUT2D eigenvalue weighted by atomic mass is 9.77. The molecule has 0 amide bonds. The molecule has 0 bridgehead atoms. The van der Waals surface area contributed by atoms with Crippen molar-refractivity contribution in [2.24, 2.45) is 5.92 Å². The number of hydrogen-bond donors (Lipinski definition) is 1. The molecule has 1 unspecified atom stereocenters. The van der Waals surface area contributed by atoms with Gasteiger partial charge in [-0.3, -0.25) is 9.67 Å². The number of aromatic nitrogens is 6. The van der Waals surface area contributed by atoms with Crippen LogP contribution in [0.2, 0.25) is 5.02 Å². The van der Waals surface area contributed by atoms with Crippen LogP contribution in [0, 0.1) is 12.8 Å². The minimum absolute atomic E-state index is 0.0977. The fourth-order valence-electron chi connectivity index (χ4n) is 4.51. The number of rotatable bonds is 5. The summed E-state index contributed by atoms with van der Waals surface area (Å²) in [6.45, 7) is 3.80. The topological polar surface area (TPSA) is 81.5 Å². The van der Waals surface area contributed by atoms with E-state index in [2.05, 4.69) is 20.1 Å². The summed E-state index contributed by atoms with van der Waals surface area (Å²) in [5, 5.41) is 4.73. The molecule has 0 spiro atoms. The molecule has 1 atom stereocenters. The number of imidazole rings is 1. The van der Waals surface area contributed by atoms with E-state index in [0.717, 1.165) is 22.4 Å². The highest BCUT2D eigenvalue weighted by Crippen LogP contribution is 2.47. The van der Waals surface area contributed by atoms with Crippen LogP contribution in [-0.2, 0) is 0 Å². The van der Waals surface area contributed by atoms with Gasteiger partial charge in [0.05, 0.1) is 40.7 Å². The molecule has 6 rings (SSSR count). The average Bonchev–Trinajstić information content (AvgIpc) is 3.44.